The molecule has 1 aliphatic rings. The molecule has 0 radical (unpaired) electrons. The summed E-state index contributed by atoms with van der Waals surface area (Å²) in [6.07, 6.45) is -0.286. The quantitative estimate of drug-likeness (QED) is 0.654. The van der Waals surface area contributed by atoms with Crippen LogP contribution in [0.15, 0.2) is 0 Å². The summed E-state index contributed by atoms with van der Waals surface area (Å²) in [7, 11) is -4.12. The number of likely N-dealkylation sites (N-methyl/N-ethyl adjacent to an activating group) is 1. The van der Waals surface area contributed by atoms with Crippen LogP contribution in [0, 0.1) is 0 Å². The van der Waals surface area contributed by atoms with Crippen LogP contribution in [0.4, 0.5) is 0 Å². The summed E-state index contributed by atoms with van der Waals surface area (Å²) >= 11 is 0. The summed E-state index contributed by atoms with van der Waals surface area (Å²) in [5.74, 6) is 0. The summed E-state index contributed by atoms with van der Waals surface area (Å²) in [4.78, 5) is 0. The minimum Gasteiger partial charge on any atom is -0.376 e. The molecule has 0 bridgehead atoms. The van der Waals surface area contributed by atoms with E-state index in [0.29, 0.717) is 19.8 Å². The van der Waals surface area contributed by atoms with Gasteiger partial charge in [-0.1, -0.05) is 6.92 Å². The highest BCUT2D eigenvalue weighted by atomic mass is 32.2. The van der Waals surface area contributed by atoms with Crippen LogP contribution in [0.1, 0.15) is 6.92 Å². The van der Waals surface area contributed by atoms with E-state index in [1.54, 1.807) is 6.92 Å². The lowest BCUT2D eigenvalue weighted by Crippen LogP contribution is -2.42. The highest BCUT2D eigenvalue weighted by Crippen LogP contribution is 2.06. The summed E-state index contributed by atoms with van der Waals surface area (Å²) in [6, 6.07) is 0. The average molecular weight is 225 g/mol. The molecule has 0 aromatic carbocycles. The second kappa shape index (κ2) is 5.04. The van der Waals surface area contributed by atoms with Crippen molar-refractivity contribution in [2.24, 2.45) is 0 Å². The molecule has 1 unspecified atom stereocenters. The molecule has 1 N–H and O–H groups in total. The van der Waals surface area contributed by atoms with Gasteiger partial charge in [-0.2, -0.15) is 12.7 Å². The lowest BCUT2D eigenvalue weighted by atomic mass is 10.3. The average Bonchev–Trinajstić information content (AvgIpc) is 2.14. The number of ether oxygens (including phenoxy) is 2. The molecular formula is C7H15NO5S. The summed E-state index contributed by atoms with van der Waals surface area (Å²) < 4.78 is 41.8. The fourth-order valence-corrected chi connectivity index (χ4v) is 1.94. The number of hydrogen-bond donors (Lipinski definition) is 1. The predicted octanol–water partition coefficient (Wildman–Crippen LogP) is -0.473. The molecule has 1 heterocycles. The molecule has 1 atom stereocenters. The molecule has 1 rings (SSSR count). The van der Waals surface area contributed by atoms with Gasteiger partial charge in [0.2, 0.25) is 0 Å². The van der Waals surface area contributed by atoms with Crippen molar-refractivity contribution in [1.82, 2.24) is 4.31 Å². The van der Waals surface area contributed by atoms with E-state index in [4.69, 9.17) is 14.0 Å². The maximum atomic E-state index is 10.8. The standard InChI is InChI=1S/C7H15NO5S/c1-2-8(14(9,10)11)5-7-6-12-3-4-13-7/h7H,2-6H2,1H3,(H,9,10,11). The Bertz CT molecular complexity index is 259. The Morgan fingerprint density at radius 3 is 2.64 bits per heavy atom. The van der Waals surface area contributed by atoms with Gasteiger partial charge in [-0.15, -0.1) is 0 Å². The molecule has 0 aromatic rings. The highest BCUT2D eigenvalue weighted by molar-refractivity contribution is 7.83. The molecule has 1 fully saturated rings. The van der Waals surface area contributed by atoms with E-state index in [1.807, 2.05) is 0 Å². The topological polar surface area (TPSA) is 76.1 Å². The predicted molar refractivity (Wildman–Crippen MR) is 49.4 cm³/mol. The Hall–Kier alpha value is -0.210. The smallest absolute Gasteiger partial charge is 0.335 e. The third-order valence-corrected chi connectivity index (χ3v) is 3.03. The molecule has 84 valence electrons. The minimum atomic E-state index is -4.12. The van der Waals surface area contributed by atoms with Crippen molar-refractivity contribution in [3.8, 4) is 0 Å². The third kappa shape index (κ3) is 3.50. The van der Waals surface area contributed by atoms with E-state index in [-0.39, 0.29) is 19.2 Å². The van der Waals surface area contributed by atoms with Crippen molar-refractivity contribution >= 4 is 10.3 Å². The van der Waals surface area contributed by atoms with Crippen LogP contribution in [0.2, 0.25) is 0 Å². The minimum absolute atomic E-state index is 0.134. The van der Waals surface area contributed by atoms with Crippen molar-refractivity contribution in [1.29, 1.82) is 0 Å². The van der Waals surface area contributed by atoms with E-state index < -0.39 is 10.3 Å². The largest absolute Gasteiger partial charge is 0.376 e. The zero-order valence-electron chi connectivity index (χ0n) is 8.05. The maximum Gasteiger partial charge on any atom is 0.335 e. The van der Waals surface area contributed by atoms with Crippen LogP contribution in [-0.4, -0.2) is 56.3 Å². The fraction of sp³-hybridized carbons (Fsp3) is 1.00. The van der Waals surface area contributed by atoms with Crippen LogP contribution in [0.25, 0.3) is 0 Å². The van der Waals surface area contributed by atoms with Gasteiger partial charge < -0.3 is 9.47 Å². The van der Waals surface area contributed by atoms with Crippen molar-refractivity contribution in [2.45, 2.75) is 13.0 Å². The maximum absolute atomic E-state index is 10.8. The Labute approximate surface area is 83.7 Å². The Balaban J connectivity index is 2.47. The second-order valence-corrected chi connectivity index (χ2v) is 4.41. The van der Waals surface area contributed by atoms with Crippen LogP contribution in [0.5, 0.6) is 0 Å². The molecule has 0 aliphatic carbocycles. The van der Waals surface area contributed by atoms with Crippen molar-refractivity contribution in [2.75, 3.05) is 32.9 Å². The van der Waals surface area contributed by atoms with E-state index >= 15 is 0 Å². The Morgan fingerprint density at radius 1 is 1.50 bits per heavy atom. The molecule has 14 heavy (non-hydrogen) atoms. The van der Waals surface area contributed by atoms with E-state index in [1.165, 1.54) is 0 Å². The van der Waals surface area contributed by atoms with Gasteiger partial charge in [-0.05, 0) is 0 Å². The molecule has 7 heteroatoms. The third-order valence-electron chi connectivity index (χ3n) is 1.97. The van der Waals surface area contributed by atoms with E-state index in [9.17, 15) is 8.42 Å². The lowest BCUT2D eigenvalue weighted by molar-refractivity contribution is -0.0921. The molecule has 1 saturated heterocycles. The van der Waals surface area contributed by atoms with Gasteiger partial charge in [0, 0.05) is 13.1 Å². The van der Waals surface area contributed by atoms with Crippen molar-refractivity contribution in [3.63, 3.8) is 0 Å². The van der Waals surface area contributed by atoms with Gasteiger partial charge >= 0.3 is 10.3 Å². The number of rotatable bonds is 4. The molecule has 0 spiro atoms. The van der Waals surface area contributed by atoms with Crippen molar-refractivity contribution < 1.29 is 22.4 Å². The molecule has 1 aliphatic heterocycles. The first-order chi connectivity index (χ1) is 6.54. The molecular weight excluding hydrogens is 210 g/mol. The van der Waals surface area contributed by atoms with E-state index in [2.05, 4.69) is 0 Å². The molecule has 6 nitrogen and oxygen atoms in total. The van der Waals surface area contributed by atoms with Gasteiger partial charge in [0.05, 0.1) is 25.9 Å². The van der Waals surface area contributed by atoms with Crippen LogP contribution in [0.3, 0.4) is 0 Å². The Morgan fingerprint density at radius 2 is 2.21 bits per heavy atom. The summed E-state index contributed by atoms with van der Waals surface area (Å²) in [6.45, 7) is 3.37. The summed E-state index contributed by atoms with van der Waals surface area (Å²) in [5, 5.41) is 0. The SMILES string of the molecule is CCN(CC1COCCO1)S(=O)(=O)O. The van der Waals surface area contributed by atoms with Crippen LogP contribution >= 0.6 is 0 Å². The van der Waals surface area contributed by atoms with Crippen LogP contribution < -0.4 is 0 Å². The molecule has 0 amide bonds. The molecule has 0 aromatic heterocycles. The number of nitrogens with zero attached hydrogens (tertiary/aromatic N) is 1. The first-order valence-corrected chi connectivity index (χ1v) is 5.85. The van der Waals surface area contributed by atoms with Crippen molar-refractivity contribution in [3.05, 3.63) is 0 Å². The second-order valence-electron chi connectivity index (χ2n) is 3.00. The zero-order valence-corrected chi connectivity index (χ0v) is 8.87. The van der Waals surface area contributed by atoms with E-state index in [0.717, 1.165) is 4.31 Å². The fourth-order valence-electron chi connectivity index (χ4n) is 1.26. The van der Waals surface area contributed by atoms with Gasteiger partial charge in [-0.3, -0.25) is 4.55 Å². The summed E-state index contributed by atoms with van der Waals surface area (Å²) in [5.41, 5.74) is 0. The van der Waals surface area contributed by atoms with Crippen LogP contribution in [-0.2, 0) is 19.8 Å². The van der Waals surface area contributed by atoms with Gasteiger partial charge in [0.1, 0.15) is 0 Å². The molecule has 0 saturated carbocycles. The van der Waals surface area contributed by atoms with Gasteiger partial charge in [0.15, 0.2) is 0 Å². The zero-order chi connectivity index (χ0) is 10.6. The van der Waals surface area contributed by atoms with Gasteiger partial charge in [-0.25, -0.2) is 0 Å². The monoisotopic (exact) mass is 225 g/mol. The Kier molecular flexibility index (Phi) is 4.27. The first kappa shape index (κ1) is 11.9. The highest BCUT2D eigenvalue weighted by Gasteiger charge is 2.23. The first-order valence-electron chi connectivity index (χ1n) is 4.46. The number of hydrogen-bond acceptors (Lipinski definition) is 4. The van der Waals surface area contributed by atoms with Gasteiger partial charge in [0.25, 0.3) is 0 Å². The lowest BCUT2D eigenvalue weighted by Gasteiger charge is -2.26. The normalized spacial score (nSPS) is 24.1.